The lowest BCUT2D eigenvalue weighted by atomic mass is 9.96. The molecule has 152 valence electrons. The molecule has 0 saturated carbocycles. The van der Waals surface area contributed by atoms with Gasteiger partial charge in [0.15, 0.2) is 17.3 Å². The Morgan fingerprint density at radius 3 is 2.45 bits per heavy atom. The van der Waals surface area contributed by atoms with Gasteiger partial charge in [-0.2, -0.15) is 4.98 Å². The van der Waals surface area contributed by atoms with Gasteiger partial charge in [0.25, 0.3) is 11.8 Å². The molecule has 0 aliphatic rings. The van der Waals surface area contributed by atoms with Crippen molar-refractivity contribution in [1.29, 1.82) is 0 Å². The largest absolute Gasteiger partial charge is 0.493 e. The average molecular weight is 395 g/mol. The van der Waals surface area contributed by atoms with Crippen molar-refractivity contribution in [3.63, 3.8) is 0 Å². The summed E-state index contributed by atoms with van der Waals surface area (Å²) in [6.07, 6.45) is 0. The number of carbonyl (C=O) groups is 1. The summed E-state index contributed by atoms with van der Waals surface area (Å²) in [7, 11) is 1.59. The van der Waals surface area contributed by atoms with Crippen LogP contribution in [0.15, 0.2) is 53.1 Å². The molecule has 3 aromatic rings. The highest BCUT2D eigenvalue weighted by Gasteiger charge is 2.23. The number of amides is 1. The minimum Gasteiger partial charge on any atom is -0.493 e. The Hall–Kier alpha value is -3.35. The van der Waals surface area contributed by atoms with Crippen LogP contribution >= 0.6 is 0 Å². The normalized spacial score (nSPS) is 11.2. The molecule has 29 heavy (non-hydrogen) atoms. The number of rotatable bonds is 7. The van der Waals surface area contributed by atoms with Gasteiger partial charge in [-0.05, 0) is 24.3 Å². The Morgan fingerprint density at radius 2 is 1.76 bits per heavy atom. The number of methoxy groups -OCH3 is 1. The van der Waals surface area contributed by atoms with Crippen LogP contribution in [0.25, 0.3) is 11.5 Å². The summed E-state index contributed by atoms with van der Waals surface area (Å²) in [6, 6.07) is 14.5. The van der Waals surface area contributed by atoms with E-state index in [0.717, 1.165) is 0 Å². The Morgan fingerprint density at radius 1 is 1.07 bits per heavy atom. The second-order valence-corrected chi connectivity index (χ2v) is 7.47. The van der Waals surface area contributed by atoms with Gasteiger partial charge in [0.2, 0.25) is 0 Å². The summed E-state index contributed by atoms with van der Waals surface area (Å²) in [5, 5.41) is 6.90. The summed E-state index contributed by atoms with van der Waals surface area (Å²) >= 11 is 0. The van der Waals surface area contributed by atoms with Gasteiger partial charge in [-0.15, -0.1) is 0 Å². The maximum absolute atomic E-state index is 12.7. The monoisotopic (exact) mass is 395 g/mol. The SMILES string of the molecule is COc1ccccc1OCCNC(=O)c1ccccc1-c1nc(C(C)(C)C)no1. The topological polar surface area (TPSA) is 86.5 Å². The van der Waals surface area contributed by atoms with E-state index in [1.54, 1.807) is 25.3 Å². The fraction of sp³-hybridized carbons (Fsp3) is 0.318. The molecular formula is C22H25N3O4. The lowest BCUT2D eigenvalue weighted by Crippen LogP contribution is -2.28. The minimum atomic E-state index is -0.241. The van der Waals surface area contributed by atoms with Crippen LogP contribution in [0, 0.1) is 0 Å². The van der Waals surface area contributed by atoms with Crippen LogP contribution in [0.4, 0.5) is 0 Å². The van der Waals surface area contributed by atoms with Gasteiger partial charge in [0, 0.05) is 5.41 Å². The van der Waals surface area contributed by atoms with Crippen LogP contribution < -0.4 is 14.8 Å². The summed E-state index contributed by atoms with van der Waals surface area (Å²) in [5.74, 6) is 1.96. The molecule has 1 N–H and O–H groups in total. The summed E-state index contributed by atoms with van der Waals surface area (Å²) in [5.41, 5.74) is 0.821. The fourth-order valence-corrected chi connectivity index (χ4v) is 2.66. The van der Waals surface area contributed by atoms with Gasteiger partial charge >= 0.3 is 0 Å². The van der Waals surface area contributed by atoms with E-state index in [1.165, 1.54) is 0 Å². The molecule has 1 aromatic heterocycles. The highest BCUT2D eigenvalue weighted by molar-refractivity contribution is 5.99. The van der Waals surface area contributed by atoms with Gasteiger partial charge in [-0.3, -0.25) is 4.79 Å². The number of aromatic nitrogens is 2. The van der Waals surface area contributed by atoms with Crippen molar-refractivity contribution in [3.05, 3.63) is 59.9 Å². The third-order valence-electron chi connectivity index (χ3n) is 4.21. The van der Waals surface area contributed by atoms with E-state index in [9.17, 15) is 4.79 Å². The van der Waals surface area contributed by atoms with E-state index in [1.807, 2.05) is 51.1 Å². The maximum Gasteiger partial charge on any atom is 0.258 e. The number of hydrogen-bond acceptors (Lipinski definition) is 6. The number of para-hydroxylation sites is 2. The molecule has 0 unspecified atom stereocenters. The average Bonchev–Trinajstić information content (AvgIpc) is 3.22. The Bertz CT molecular complexity index is 976. The van der Waals surface area contributed by atoms with Gasteiger partial charge < -0.3 is 19.3 Å². The van der Waals surface area contributed by atoms with Crippen LogP contribution in [0.2, 0.25) is 0 Å². The van der Waals surface area contributed by atoms with E-state index in [0.29, 0.717) is 47.5 Å². The first-order chi connectivity index (χ1) is 13.9. The van der Waals surface area contributed by atoms with E-state index in [4.69, 9.17) is 14.0 Å². The molecule has 3 rings (SSSR count). The zero-order valence-electron chi connectivity index (χ0n) is 17.1. The molecule has 0 atom stereocenters. The lowest BCUT2D eigenvalue weighted by Gasteiger charge is -2.12. The van der Waals surface area contributed by atoms with Crippen molar-refractivity contribution >= 4 is 5.91 Å². The van der Waals surface area contributed by atoms with Crippen molar-refractivity contribution in [3.8, 4) is 23.0 Å². The van der Waals surface area contributed by atoms with Crippen LogP contribution in [0.5, 0.6) is 11.5 Å². The smallest absolute Gasteiger partial charge is 0.258 e. The van der Waals surface area contributed by atoms with Crippen LogP contribution in [0.3, 0.4) is 0 Å². The van der Waals surface area contributed by atoms with E-state index in [-0.39, 0.29) is 11.3 Å². The third-order valence-corrected chi connectivity index (χ3v) is 4.21. The molecule has 0 saturated heterocycles. The van der Waals surface area contributed by atoms with Crippen molar-refractivity contribution < 1.29 is 18.8 Å². The van der Waals surface area contributed by atoms with E-state index < -0.39 is 0 Å². The standard InChI is InChI=1S/C22H25N3O4/c1-22(2,3)21-24-20(29-25-21)16-10-6-5-9-15(16)19(26)23-13-14-28-18-12-8-7-11-17(18)27-4/h5-12H,13-14H2,1-4H3,(H,23,26). The van der Waals surface area contributed by atoms with Crippen LogP contribution in [-0.2, 0) is 5.41 Å². The van der Waals surface area contributed by atoms with Crippen LogP contribution in [0.1, 0.15) is 37.0 Å². The molecule has 0 bridgehead atoms. The molecule has 1 amide bonds. The predicted molar refractivity (Wildman–Crippen MR) is 109 cm³/mol. The Kier molecular flexibility index (Phi) is 6.16. The first-order valence-corrected chi connectivity index (χ1v) is 9.38. The van der Waals surface area contributed by atoms with Gasteiger partial charge in [0.1, 0.15) is 6.61 Å². The van der Waals surface area contributed by atoms with Crippen molar-refractivity contribution in [2.24, 2.45) is 0 Å². The zero-order chi connectivity index (χ0) is 20.9. The molecule has 1 heterocycles. The van der Waals surface area contributed by atoms with E-state index in [2.05, 4.69) is 15.5 Å². The highest BCUT2D eigenvalue weighted by Crippen LogP contribution is 2.27. The molecule has 2 aromatic carbocycles. The van der Waals surface area contributed by atoms with Gasteiger partial charge in [-0.1, -0.05) is 50.2 Å². The van der Waals surface area contributed by atoms with Gasteiger partial charge in [0.05, 0.1) is 24.8 Å². The third kappa shape index (κ3) is 4.93. The number of hydrogen-bond donors (Lipinski definition) is 1. The minimum absolute atomic E-state index is 0.236. The molecule has 7 heteroatoms. The first kappa shape index (κ1) is 20.4. The highest BCUT2D eigenvalue weighted by atomic mass is 16.5. The number of nitrogens with zero attached hydrogens (tertiary/aromatic N) is 2. The first-order valence-electron chi connectivity index (χ1n) is 9.38. The summed E-state index contributed by atoms with van der Waals surface area (Å²) < 4.78 is 16.3. The quantitative estimate of drug-likeness (QED) is 0.612. The zero-order valence-corrected chi connectivity index (χ0v) is 17.1. The van der Waals surface area contributed by atoms with Crippen molar-refractivity contribution in [2.45, 2.75) is 26.2 Å². The molecule has 0 fully saturated rings. The van der Waals surface area contributed by atoms with Crippen molar-refractivity contribution in [1.82, 2.24) is 15.5 Å². The summed E-state index contributed by atoms with van der Waals surface area (Å²) in [4.78, 5) is 17.1. The predicted octanol–water partition coefficient (Wildman–Crippen LogP) is 3.85. The number of ether oxygens (including phenoxy) is 2. The molecule has 0 radical (unpaired) electrons. The van der Waals surface area contributed by atoms with Crippen LogP contribution in [-0.4, -0.2) is 36.3 Å². The molecule has 0 aliphatic carbocycles. The second kappa shape index (κ2) is 8.77. The summed E-state index contributed by atoms with van der Waals surface area (Å²) in [6.45, 7) is 6.65. The lowest BCUT2D eigenvalue weighted by molar-refractivity contribution is 0.0947. The molecule has 0 aliphatic heterocycles. The van der Waals surface area contributed by atoms with Crippen molar-refractivity contribution in [2.75, 3.05) is 20.3 Å². The molecule has 0 spiro atoms. The molecular weight excluding hydrogens is 370 g/mol. The van der Waals surface area contributed by atoms with E-state index >= 15 is 0 Å². The van der Waals surface area contributed by atoms with Gasteiger partial charge in [-0.25, -0.2) is 0 Å². The maximum atomic E-state index is 12.7. The number of benzene rings is 2. The Labute approximate surface area is 170 Å². The fourth-order valence-electron chi connectivity index (χ4n) is 2.66. The molecule has 7 nitrogen and oxygen atoms in total. The number of carbonyl (C=O) groups excluding carboxylic acids is 1. The number of nitrogens with one attached hydrogen (secondary N) is 1. The Balaban J connectivity index is 1.65. The second-order valence-electron chi connectivity index (χ2n) is 7.47.